The van der Waals surface area contributed by atoms with E-state index in [1.807, 2.05) is 39.0 Å². The van der Waals surface area contributed by atoms with Crippen LogP contribution in [0, 0.1) is 11.8 Å². The highest BCUT2D eigenvalue weighted by Crippen LogP contribution is 2.22. The third kappa shape index (κ3) is 5.73. The highest BCUT2D eigenvalue weighted by Gasteiger charge is 2.32. The summed E-state index contributed by atoms with van der Waals surface area (Å²) < 4.78 is 0. The van der Waals surface area contributed by atoms with E-state index in [1.165, 1.54) is 5.56 Å². The molecule has 1 heterocycles. The predicted octanol–water partition coefficient (Wildman–Crippen LogP) is 2.87. The molecule has 0 aliphatic carbocycles. The summed E-state index contributed by atoms with van der Waals surface area (Å²) in [6.07, 6.45) is 0.626. The van der Waals surface area contributed by atoms with Crippen molar-refractivity contribution in [3.63, 3.8) is 0 Å². The van der Waals surface area contributed by atoms with E-state index < -0.39 is 11.9 Å². The van der Waals surface area contributed by atoms with Gasteiger partial charge in [0.1, 0.15) is 0 Å². The molecular formula is C20H31N3O3. The second kappa shape index (κ2) is 8.54. The Balaban J connectivity index is 1.87. The number of rotatable bonds is 6. The maximum Gasteiger partial charge on any atom is 0.317 e. The minimum Gasteiger partial charge on any atom is -0.481 e. The van der Waals surface area contributed by atoms with E-state index in [-0.39, 0.29) is 30.1 Å². The fourth-order valence-corrected chi connectivity index (χ4v) is 3.57. The molecule has 6 nitrogen and oxygen atoms in total. The summed E-state index contributed by atoms with van der Waals surface area (Å²) in [6.45, 7) is 9.53. The number of carbonyl (C=O) groups is 2. The molecule has 1 aliphatic heterocycles. The number of amides is 2. The molecule has 26 heavy (non-hydrogen) atoms. The molecule has 1 aliphatic rings. The van der Waals surface area contributed by atoms with Gasteiger partial charge in [-0.05, 0) is 38.7 Å². The molecule has 0 bridgehead atoms. The Morgan fingerprint density at radius 2 is 1.92 bits per heavy atom. The van der Waals surface area contributed by atoms with Gasteiger partial charge in [0.25, 0.3) is 0 Å². The van der Waals surface area contributed by atoms with Crippen LogP contribution in [-0.4, -0.2) is 47.2 Å². The smallest absolute Gasteiger partial charge is 0.317 e. The van der Waals surface area contributed by atoms with Crippen LogP contribution in [0.15, 0.2) is 30.3 Å². The van der Waals surface area contributed by atoms with Gasteiger partial charge >= 0.3 is 12.0 Å². The van der Waals surface area contributed by atoms with Crippen molar-refractivity contribution in [1.82, 2.24) is 15.5 Å². The van der Waals surface area contributed by atoms with Crippen LogP contribution >= 0.6 is 0 Å². The van der Waals surface area contributed by atoms with Gasteiger partial charge in [-0.15, -0.1) is 0 Å². The van der Waals surface area contributed by atoms with Crippen LogP contribution in [0.4, 0.5) is 4.79 Å². The molecule has 3 N–H and O–H groups in total. The van der Waals surface area contributed by atoms with Gasteiger partial charge in [-0.25, -0.2) is 4.79 Å². The minimum absolute atomic E-state index is 0.162. The van der Waals surface area contributed by atoms with Gasteiger partial charge in [0.15, 0.2) is 0 Å². The summed E-state index contributed by atoms with van der Waals surface area (Å²) in [6, 6.07) is 10.1. The predicted molar refractivity (Wildman–Crippen MR) is 102 cm³/mol. The normalized spacial score (nSPS) is 21.9. The fraction of sp³-hybridized carbons (Fsp3) is 0.600. The number of nitrogens with zero attached hydrogens (tertiary/aromatic N) is 1. The molecule has 1 saturated heterocycles. The summed E-state index contributed by atoms with van der Waals surface area (Å²) in [5.41, 5.74) is 0.902. The first-order valence-corrected chi connectivity index (χ1v) is 9.26. The number of carbonyl (C=O) groups excluding carboxylic acids is 1. The van der Waals surface area contributed by atoms with E-state index in [0.717, 1.165) is 0 Å². The topological polar surface area (TPSA) is 81.7 Å². The van der Waals surface area contributed by atoms with Crippen molar-refractivity contribution in [3.05, 3.63) is 35.9 Å². The zero-order valence-corrected chi connectivity index (χ0v) is 16.2. The molecule has 0 aromatic heterocycles. The number of nitrogens with one attached hydrogen (secondary N) is 2. The van der Waals surface area contributed by atoms with Crippen LogP contribution < -0.4 is 10.6 Å². The van der Waals surface area contributed by atoms with Crippen molar-refractivity contribution in [1.29, 1.82) is 0 Å². The number of carboxylic acids is 1. The number of likely N-dealkylation sites (tertiary alicyclic amines) is 1. The second-order valence-electron chi connectivity index (χ2n) is 8.10. The molecular weight excluding hydrogens is 330 g/mol. The highest BCUT2D eigenvalue weighted by atomic mass is 16.4. The third-order valence-electron chi connectivity index (χ3n) is 4.88. The molecule has 144 valence electrons. The summed E-state index contributed by atoms with van der Waals surface area (Å²) in [7, 11) is 0. The number of aliphatic carboxylic acids is 1. The van der Waals surface area contributed by atoms with Crippen LogP contribution in [0.2, 0.25) is 0 Å². The number of hydrogen-bond donors (Lipinski definition) is 3. The standard InChI is InChI=1S/C20H31N3O3/c1-14-10-17(18(24)25)12-23(11-14)19(26)21-13-20(3,4)22-15(2)16-8-6-5-7-9-16/h5-9,14-15,17,22H,10-13H2,1-4H3,(H,21,26)(H,24,25). The molecule has 3 atom stereocenters. The summed E-state index contributed by atoms with van der Waals surface area (Å²) in [4.78, 5) is 25.4. The van der Waals surface area contributed by atoms with Crippen molar-refractivity contribution in [3.8, 4) is 0 Å². The summed E-state index contributed by atoms with van der Waals surface area (Å²) in [5, 5.41) is 15.8. The largest absolute Gasteiger partial charge is 0.481 e. The summed E-state index contributed by atoms with van der Waals surface area (Å²) >= 11 is 0. The van der Waals surface area contributed by atoms with Crippen LogP contribution in [0.3, 0.4) is 0 Å². The second-order valence-corrected chi connectivity index (χ2v) is 8.10. The van der Waals surface area contributed by atoms with Crippen LogP contribution in [0.5, 0.6) is 0 Å². The number of carboxylic acid groups (broad SMARTS) is 1. The molecule has 3 unspecified atom stereocenters. The lowest BCUT2D eigenvalue weighted by atomic mass is 9.91. The van der Waals surface area contributed by atoms with E-state index in [0.29, 0.717) is 19.5 Å². The fourth-order valence-electron chi connectivity index (χ4n) is 3.57. The molecule has 1 aromatic carbocycles. The van der Waals surface area contributed by atoms with Crippen LogP contribution in [0.25, 0.3) is 0 Å². The van der Waals surface area contributed by atoms with Gasteiger partial charge in [-0.1, -0.05) is 37.3 Å². The zero-order chi connectivity index (χ0) is 19.3. The average molecular weight is 361 g/mol. The number of piperidine rings is 1. The quantitative estimate of drug-likeness (QED) is 0.728. The van der Waals surface area contributed by atoms with Crippen molar-refractivity contribution in [2.75, 3.05) is 19.6 Å². The Hall–Kier alpha value is -2.08. The van der Waals surface area contributed by atoms with E-state index >= 15 is 0 Å². The van der Waals surface area contributed by atoms with Gasteiger partial charge in [0, 0.05) is 31.2 Å². The van der Waals surface area contributed by atoms with E-state index in [4.69, 9.17) is 0 Å². The first kappa shape index (κ1) is 20.2. The molecule has 0 radical (unpaired) electrons. The molecule has 0 saturated carbocycles. The Morgan fingerprint density at radius 3 is 2.54 bits per heavy atom. The van der Waals surface area contributed by atoms with Crippen molar-refractivity contribution < 1.29 is 14.7 Å². The van der Waals surface area contributed by atoms with Crippen LogP contribution in [-0.2, 0) is 4.79 Å². The monoisotopic (exact) mass is 361 g/mol. The van der Waals surface area contributed by atoms with E-state index in [9.17, 15) is 14.7 Å². The number of urea groups is 1. The van der Waals surface area contributed by atoms with Gasteiger partial charge < -0.3 is 20.6 Å². The molecule has 2 amide bonds. The highest BCUT2D eigenvalue weighted by molar-refractivity contribution is 5.76. The number of benzene rings is 1. The average Bonchev–Trinajstić information content (AvgIpc) is 2.59. The SMILES string of the molecule is CC1CC(C(=O)O)CN(C(=O)NCC(C)(C)NC(C)c2ccccc2)C1. The third-order valence-corrected chi connectivity index (χ3v) is 4.88. The van der Waals surface area contributed by atoms with Gasteiger partial charge in [0.2, 0.25) is 0 Å². The van der Waals surface area contributed by atoms with Crippen molar-refractivity contribution in [2.45, 2.75) is 45.7 Å². The van der Waals surface area contributed by atoms with Gasteiger partial charge in [-0.2, -0.15) is 0 Å². The first-order chi connectivity index (χ1) is 12.2. The lowest BCUT2D eigenvalue weighted by Gasteiger charge is -2.36. The molecule has 6 heteroatoms. The Kier molecular flexibility index (Phi) is 6.64. The lowest BCUT2D eigenvalue weighted by Crippen LogP contribution is -2.54. The van der Waals surface area contributed by atoms with Crippen LogP contribution in [0.1, 0.15) is 45.7 Å². The Labute approximate surface area is 156 Å². The molecule has 1 fully saturated rings. The molecule has 0 spiro atoms. The molecule has 2 rings (SSSR count). The zero-order valence-electron chi connectivity index (χ0n) is 16.2. The number of hydrogen-bond acceptors (Lipinski definition) is 3. The Bertz CT molecular complexity index is 618. The van der Waals surface area contributed by atoms with E-state index in [1.54, 1.807) is 4.90 Å². The van der Waals surface area contributed by atoms with Crippen molar-refractivity contribution >= 4 is 12.0 Å². The minimum atomic E-state index is -0.826. The van der Waals surface area contributed by atoms with Crippen molar-refractivity contribution in [2.24, 2.45) is 11.8 Å². The first-order valence-electron chi connectivity index (χ1n) is 9.26. The van der Waals surface area contributed by atoms with Gasteiger partial charge in [-0.3, -0.25) is 4.79 Å². The summed E-state index contributed by atoms with van der Waals surface area (Å²) in [5.74, 6) is -1.11. The maximum atomic E-state index is 12.5. The van der Waals surface area contributed by atoms with E-state index in [2.05, 4.69) is 29.7 Å². The maximum absolute atomic E-state index is 12.5. The lowest BCUT2D eigenvalue weighted by molar-refractivity contribution is -0.143. The Morgan fingerprint density at radius 1 is 1.27 bits per heavy atom. The molecule has 1 aromatic rings. The van der Waals surface area contributed by atoms with Gasteiger partial charge in [0.05, 0.1) is 5.92 Å².